The van der Waals surface area contributed by atoms with Crippen molar-refractivity contribution in [3.63, 3.8) is 0 Å². The van der Waals surface area contributed by atoms with Crippen LogP contribution in [0.25, 0.3) is 11.0 Å². The summed E-state index contributed by atoms with van der Waals surface area (Å²) in [4.78, 5) is 27.0. The van der Waals surface area contributed by atoms with Gasteiger partial charge in [0.25, 0.3) is 5.91 Å². The summed E-state index contributed by atoms with van der Waals surface area (Å²) in [5.74, 6) is -0.0832. The van der Waals surface area contributed by atoms with Crippen molar-refractivity contribution in [3.05, 3.63) is 35.6 Å². The summed E-state index contributed by atoms with van der Waals surface area (Å²) >= 11 is 0. The standard InChI is InChI=1S/C19H24N2O4/c1-3-24-12-14-13-8-4-5-10-16(13)25-17(14)19(23)21-11-7-6-9-15(21)18(22)20-2/h4-5,8,10,15H,3,6-7,9,11-12H2,1-2H3,(H,20,22)/t15-/m0/s1. The van der Waals surface area contributed by atoms with E-state index in [-0.39, 0.29) is 17.6 Å². The highest BCUT2D eigenvalue weighted by atomic mass is 16.5. The summed E-state index contributed by atoms with van der Waals surface area (Å²) in [6.45, 7) is 3.34. The number of benzene rings is 1. The van der Waals surface area contributed by atoms with E-state index in [0.717, 1.165) is 23.8 Å². The van der Waals surface area contributed by atoms with Gasteiger partial charge in [-0.25, -0.2) is 0 Å². The van der Waals surface area contributed by atoms with E-state index in [1.165, 1.54) is 0 Å². The van der Waals surface area contributed by atoms with Crippen LogP contribution in [-0.4, -0.2) is 43.0 Å². The van der Waals surface area contributed by atoms with Crippen LogP contribution >= 0.6 is 0 Å². The van der Waals surface area contributed by atoms with Crippen LogP contribution in [0.1, 0.15) is 42.3 Å². The number of likely N-dealkylation sites (N-methyl/N-ethyl adjacent to an activating group) is 1. The first-order chi connectivity index (χ1) is 12.2. The van der Waals surface area contributed by atoms with Gasteiger partial charge in [0.05, 0.1) is 6.61 Å². The number of para-hydroxylation sites is 1. The van der Waals surface area contributed by atoms with Gasteiger partial charge in [-0.2, -0.15) is 0 Å². The molecule has 1 aliphatic rings. The summed E-state index contributed by atoms with van der Waals surface area (Å²) in [7, 11) is 1.60. The summed E-state index contributed by atoms with van der Waals surface area (Å²) in [6, 6.07) is 7.11. The Morgan fingerprint density at radius 2 is 2.12 bits per heavy atom. The zero-order valence-electron chi connectivity index (χ0n) is 14.7. The van der Waals surface area contributed by atoms with Crippen LogP contribution in [0.15, 0.2) is 28.7 Å². The molecule has 1 atom stereocenters. The van der Waals surface area contributed by atoms with Crippen molar-refractivity contribution in [1.29, 1.82) is 0 Å². The Bertz CT molecular complexity index is 768. The highest BCUT2D eigenvalue weighted by Gasteiger charge is 2.35. The van der Waals surface area contributed by atoms with Gasteiger partial charge in [0.15, 0.2) is 5.76 Å². The molecular formula is C19H24N2O4. The van der Waals surface area contributed by atoms with Gasteiger partial charge in [0, 0.05) is 31.1 Å². The Hall–Kier alpha value is -2.34. The van der Waals surface area contributed by atoms with Crippen molar-refractivity contribution in [2.75, 3.05) is 20.2 Å². The van der Waals surface area contributed by atoms with Gasteiger partial charge in [-0.05, 0) is 32.3 Å². The molecule has 2 heterocycles. The van der Waals surface area contributed by atoms with Crippen molar-refractivity contribution in [1.82, 2.24) is 10.2 Å². The number of amides is 2. The average molecular weight is 344 g/mol. The third kappa shape index (κ3) is 3.39. The zero-order valence-corrected chi connectivity index (χ0v) is 14.7. The van der Waals surface area contributed by atoms with Gasteiger partial charge < -0.3 is 19.4 Å². The molecule has 25 heavy (non-hydrogen) atoms. The molecule has 6 nitrogen and oxygen atoms in total. The number of carbonyl (C=O) groups excluding carboxylic acids is 2. The molecular weight excluding hydrogens is 320 g/mol. The van der Waals surface area contributed by atoms with Gasteiger partial charge >= 0.3 is 0 Å². The van der Waals surface area contributed by atoms with Gasteiger partial charge in [0.1, 0.15) is 11.6 Å². The van der Waals surface area contributed by atoms with E-state index in [4.69, 9.17) is 9.15 Å². The minimum atomic E-state index is -0.445. The lowest BCUT2D eigenvalue weighted by molar-refractivity contribution is -0.126. The maximum Gasteiger partial charge on any atom is 0.290 e. The number of nitrogens with zero attached hydrogens (tertiary/aromatic N) is 1. The van der Waals surface area contributed by atoms with Crippen LogP contribution in [0.5, 0.6) is 0 Å². The molecule has 1 N–H and O–H groups in total. The molecule has 0 spiro atoms. The highest BCUT2D eigenvalue weighted by Crippen LogP contribution is 2.29. The Morgan fingerprint density at radius 3 is 2.88 bits per heavy atom. The lowest BCUT2D eigenvalue weighted by Crippen LogP contribution is -2.51. The van der Waals surface area contributed by atoms with Crippen LogP contribution in [0.3, 0.4) is 0 Å². The highest BCUT2D eigenvalue weighted by molar-refractivity contribution is 6.01. The SMILES string of the molecule is CCOCc1c(C(=O)N2CCCC[C@H]2C(=O)NC)oc2ccccc12. The van der Waals surface area contributed by atoms with Crippen LogP contribution < -0.4 is 5.32 Å². The van der Waals surface area contributed by atoms with Gasteiger partial charge in [-0.1, -0.05) is 18.2 Å². The second kappa shape index (κ2) is 7.70. The molecule has 1 saturated heterocycles. The molecule has 1 fully saturated rings. The normalized spacial score (nSPS) is 17.7. The Kier molecular flexibility index (Phi) is 5.38. The van der Waals surface area contributed by atoms with E-state index in [9.17, 15) is 9.59 Å². The molecule has 1 aromatic heterocycles. The number of piperidine rings is 1. The van der Waals surface area contributed by atoms with Crippen LogP contribution in [0.4, 0.5) is 0 Å². The molecule has 2 aromatic rings. The molecule has 1 aliphatic heterocycles. The van der Waals surface area contributed by atoms with Crippen LogP contribution in [0.2, 0.25) is 0 Å². The predicted molar refractivity (Wildman–Crippen MR) is 94.3 cm³/mol. The van der Waals surface area contributed by atoms with E-state index in [2.05, 4.69) is 5.32 Å². The summed E-state index contributed by atoms with van der Waals surface area (Å²) < 4.78 is 11.4. The number of carbonyl (C=O) groups is 2. The number of hydrogen-bond donors (Lipinski definition) is 1. The number of fused-ring (bicyclic) bond motifs is 1. The van der Waals surface area contributed by atoms with Gasteiger partial charge in [-0.3, -0.25) is 9.59 Å². The first-order valence-corrected chi connectivity index (χ1v) is 8.78. The monoisotopic (exact) mass is 344 g/mol. The fourth-order valence-corrected chi connectivity index (χ4v) is 3.36. The Balaban J connectivity index is 1.99. The first-order valence-electron chi connectivity index (χ1n) is 8.78. The maximum atomic E-state index is 13.2. The third-order valence-corrected chi connectivity index (χ3v) is 4.66. The van der Waals surface area contributed by atoms with E-state index >= 15 is 0 Å². The first kappa shape index (κ1) is 17.5. The third-order valence-electron chi connectivity index (χ3n) is 4.66. The Labute approximate surface area is 147 Å². The molecule has 3 rings (SSSR count). The second-order valence-electron chi connectivity index (χ2n) is 6.17. The number of rotatable bonds is 5. The number of likely N-dealkylation sites (tertiary alicyclic amines) is 1. The summed E-state index contributed by atoms with van der Waals surface area (Å²) in [5, 5.41) is 3.54. The van der Waals surface area contributed by atoms with E-state index in [1.54, 1.807) is 11.9 Å². The largest absolute Gasteiger partial charge is 0.451 e. The van der Waals surface area contributed by atoms with E-state index in [0.29, 0.717) is 31.8 Å². The predicted octanol–water partition coefficient (Wildman–Crippen LogP) is 2.71. The van der Waals surface area contributed by atoms with Crippen molar-refractivity contribution < 1.29 is 18.7 Å². The smallest absolute Gasteiger partial charge is 0.290 e. The minimum Gasteiger partial charge on any atom is -0.451 e. The minimum absolute atomic E-state index is 0.129. The lowest BCUT2D eigenvalue weighted by atomic mass is 10.0. The average Bonchev–Trinajstić information content (AvgIpc) is 3.03. The summed E-state index contributed by atoms with van der Waals surface area (Å²) in [5.41, 5.74) is 1.41. The van der Waals surface area contributed by atoms with Crippen molar-refractivity contribution in [3.8, 4) is 0 Å². The van der Waals surface area contributed by atoms with Crippen molar-refractivity contribution in [2.24, 2.45) is 0 Å². The zero-order chi connectivity index (χ0) is 17.8. The number of ether oxygens (including phenoxy) is 1. The van der Waals surface area contributed by atoms with E-state index < -0.39 is 6.04 Å². The fraction of sp³-hybridized carbons (Fsp3) is 0.474. The van der Waals surface area contributed by atoms with Gasteiger partial charge in [0.2, 0.25) is 5.91 Å². The topological polar surface area (TPSA) is 71.8 Å². The molecule has 0 unspecified atom stereocenters. The molecule has 0 aliphatic carbocycles. The number of nitrogens with one attached hydrogen (secondary N) is 1. The molecule has 0 saturated carbocycles. The quantitative estimate of drug-likeness (QED) is 0.905. The van der Waals surface area contributed by atoms with Crippen molar-refractivity contribution in [2.45, 2.75) is 38.8 Å². The number of furan rings is 1. The molecule has 6 heteroatoms. The molecule has 0 bridgehead atoms. The van der Waals surface area contributed by atoms with Crippen LogP contribution in [0, 0.1) is 0 Å². The van der Waals surface area contributed by atoms with Crippen LogP contribution in [-0.2, 0) is 16.1 Å². The molecule has 2 amide bonds. The summed E-state index contributed by atoms with van der Waals surface area (Å²) in [6.07, 6.45) is 2.50. The second-order valence-corrected chi connectivity index (χ2v) is 6.17. The Morgan fingerprint density at radius 1 is 1.32 bits per heavy atom. The molecule has 0 radical (unpaired) electrons. The fourth-order valence-electron chi connectivity index (χ4n) is 3.36. The number of hydrogen-bond acceptors (Lipinski definition) is 4. The van der Waals surface area contributed by atoms with E-state index in [1.807, 2.05) is 31.2 Å². The lowest BCUT2D eigenvalue weighted by Gasteiger charge is -2.34. The molecule has 134 valence electrons. The molecule has 1 aromatic carbocycles. The maximum absolute atomic E-state index is 13.2. The van der Waals surface area contributed by atoms with Crippen molar-refractivity contribution >= 4 is 22.8 Å². The van der Waals surface area contributed by atoms with Gasteiger partial charge in [-0.15, -0.1) is 0 Å².